The Morgan fingerprint density at radius 2 is 1.96 bits per heavy atom. The Bertz CT molecular complexity index is 685. The van der Waals surface area contributed by atoms with Gasteiger partial charge in [-0.2, -0.15) is 0 Å². The van der Waals surface area contributed by atoms with Gasteiger partial charge < -0.3 is 10.1 Å². The molecule has 1 atom stereocenters. The molecule has 0 aliphatic carbocycles. The summed E-state index contributed by atoms with van der Waals surface area (Å²) in [6.07, 6.45) is 0. The predicted molar refractivity (Wildman–Crippen MR) is 96.9 cm³/mol. The minimum atomic E-state index is -0.199. The molecular formula is C20H26N2O2. The third-order valence-electron chi connectivity index (χ3n) is 4.32. The Labute approximate surface area is 144 Å². The molecule has 0 heterocycles. The second-order valence-electron chi connectivity index (χ2n) is 6.09. The van der Waals surface area contributed by atoms with Crippen LogP contribution in [-0.2, 0) is 17.9 Å². The summed E-state index contributed by atoms with van der Waals surface area (Å²) in [7, 11) is 3.61. The third-order valence-corrected chi connectivity index (χ3v) is 4.32. The van der Waals surface area contributed by atoms with Crippen LogP contribution in [-0.4, -0.2) is 31.0 Å². The van der Waals surface area contributed by atoms with Crippen molar-refractivity contribution in [3.05, 3.63) is 65.2 Å². The lowest BCUT2D eigenvalue weighted by Gasteiger charge is -2.24. The summed E-state index contributed by atoms with van der Waals surface area (Å²) in [5.74, 6) is 0.820. The van der Waals surface area contributed by atoms with Crippen molar-refractivity contribution in [2.75, 3.05) is 14.2 Å². The molecule has 2 aromatic carbocycles. The third kappa shape index (κ3) is 4.83. The van der Waals surface area contributed by atoms with Crippen LogP contribution in [0.1, 0.15) is 23.6 Å². The van der Waals surface area contributed by atoms with Gasteiger partial charge in [-0.25, -0.2) is 0 Å². The van der Waals surface area contributed by atoms with Crippen molar-refractivity contribution in [2.45, 2.75) is 33.0 Å². The number of benzene rings is 2. The second kappa shape index (κ2) is 8.50. The maximum atomic E-state index is 12.4. The zero-order valence-electron chi connectivity index (χ0n) is 14.9. The lowest BCUT2D eigenvalue weighted by molar-refractivity contribution is -0.125. The summed E-state index contributed by atoms with van der Waals surface area (Å²) in [5, 5.41) is 3.00. The molecule has 128 valence electrons. The SMILES string of the molecule is COc1cccc(CNC(=O)C(C)N(C)Cc2ccccc2C)c1. The number of rotatable bonds is 7. The molecule has 0 aliphatic rings. The van der Waals surface area contributed by atoms with E-state index in [1.54, 1.807) is 7.11 Å². The number of aryl methyl sites for hydroxylation is 1. The van der Waals surface area contributed by atoms with Crippen molar-refractivity contribution in [1.82, 2.24) is 10.2 Å². The quantitative estimate of drug-likeness (QED) is 0.850. The molecule has 0 saturated heterocycles. The summed E-state index contributed by atoms with van der Waals surface area (Å²) < 4.78 is 5.20. The first-order valence-electron chi connectivity index (χ1n) is 8.16. The zero-order chi connectivity index (χ0) is 17.5. The van der Waals surface area contributed by atoms with Gasteiger partial charge in [-0.1, -0.05) is 36.4 Å². The second-order valence-corrected chi connectivity index (χ2v) is 6.09. The number of hydrogen-bond donors (Lipinski definition) is 1. The molecule has 2 aromatic rings. The van der Waals surface area contributed by atoms with E-state index in [-0.39, 0.29) is 11.9 Å². The van der Waals surface area contributed by atoms with Crippen molar-refractivity contribution < 1.29 is 9.53 Å². The number of methoxy groups -OCH3 is 1. The van der Waals surface area contributed by atoms with Gasteiger partial charge in [-0.3, -0.25) is 9.69 Å². The van der Waals surface area contributed by atoms with Gasteiger partial charge in [-0.15, -0.1) is 0 Å². The number of carbonyl (C=O) groups is 1. The lowest BCUT2D eigenvalue weighted by atomic mass is 10.1. The van der Waals surface area contributed by atoms with Crippen LogP contribution in [0.25, 0.3) is 0 Å². The standard InChI is InChI=1S/C20H26N2O2/c1-15-8-5-6-10-18(15)14-22(3)16(2)20(23)21-13-17-9-7-11-19(12-17)24-4/h5-12,16H,13-14H2,1-4H3,(H,21,23). The summed E-state index contributed by atoms with van der Waals surface area (Å²) in [5.41, 5.74) is 3.51. The van der Waals surface area contributed by atoms with Crippen molar-refractivity contribution in [2.24, 2.45) is 0 Å². The first-order valence-corrected chi connectivity index (χ1v) is 8.16. The molecule has 0 spiro atoms. The number of ether oxygens (including phenoxy) is 1. The normalized spacial score (nSPS) is 12.0. The summed E-state index contributed by atoms with van der Waals surface area (Å²) in [6.45, 7) is 5.27. The molecule has 1 amide bonds. The van der Waals surface area contributed by atoms with Crippen LogP contribution in [0.2, 0.25) is 0 Å². The molecule has 1 unspecified atom stereocenters. The fourth-order valence-electron chi connectivity index (χ4n) is 2.51. The van der Waals surface area contributed by atoms with Crippen LogP contribution in [0.3, 0.4) is 0 Å². The van der Waals surface area contributed by atoms with E-state index in [0.717, 1.165) is 17.9 Å². The Balaban J connectivity index is 1.90. The fraction of sp³-hybridized carbons (Fsp3) is 0.350. The Morgan fingerprint density at radius 1 is 1.21 bits per heavy atom. The van der Waals surface area contributed by atoms with Crippen LogP contribution in [0.15, 0.2) is 48.5 Å². The number of nitrogens with one attached hydrogen (secondary N) is 1. The van der Waals surface area contributed by atoms with E-state index in [1.807, 2.05) is 50.4 Å². The van der Waals surface area contributed by atoms with Gasteiger partial charge in [0, 0.05) is 13.1 Å². The monoisotopic (exact) mass is 326 g/mol. The van der Waals surface area contributed by atoms with Crippen molar-refractivity contribution in [3.63, 3.8) is 0 Å². The summed E-state index contributed by atoms with van der Waals surface area (Å²) >= 11 is 0. The Morgan fingerprint density at radius 3 is 2.67 bits per heavy atom. The van der Waals surface area contributed by atoms with E-state index in [0.29, 0.717) is 6.54 Å². The molecule has 0 aromatic heterocycles. The number of nitrogens with zero attached hydrogens (tertiary/aromatic N) is 1. The Kier molecular flexibility index (Phi) is 6.38. The molecule has 0 saturated carbocycles. The highest BCUT2D eigenvalue weighted by Gasteiger charge is 2.18. The minimum absolute atomic E-state index is 0.0221. The number of amides is 1. The zero-order valence-corrected chi connectivity index (χ0v) is 14.9. The number of hydrogen-bond acceptors (Lipinski definition) is 3. The molecule has 0 radical (unpaired) electrons. The smallest absolute Gasteiger partial charge is 0.237 e. The summed E-state index contributed by atoms with van der Waals surface area (Å²) in [4.78, 5) is 14.5. The minimum Gasteiger partial charge on any atom is -0.497 e. The first kappa shape index (κ1) is 18.0. The molecule has 4 heteroatoms. The lowest BCUT2D eigenvalue weighted by Crippen LogP contribution is -2.42. The van der Waals surface area contributed by atoms with E-state index in [1.165, 1.54) is 11.1 Å². The van der Waals surface area contributed by atoms with E-state index in [9.17, 15) is 4.79 Å². The fourth-order valence-corrected chi connectivity index (χ4v) is 2.51. The highest BCUT2D eigenvalue weighted by atomic mass is 16.5. The number of carbonyl (C=O) groups excluding carboxylic acids is 1. The van der Waals surface area contributed by atoms with Crippen molar-refractivity contribution >= 4 is 5.91 Å². The molecule has 2 rings (SSSR count). The van der Waals surface area contributed by atoms with Gasteiger partial charge >= 0.3 is 0 Å². The first-order chi connectivity index (χ1) is 11.5. The average molecular weight is 326 g/mol. The maximum Gasteiger partial charge on any atom is 0.237 e. The van der Waals surface area contributed by atoms with Gasteiger partial charge in [0.2, 0.25) is 5.91 Å². The van der Waals surface area contributed by atoms with E-state index >= 15 is 0 Å². The molecule has 1 N–H and O–H groups in total. The van der Waals surface area contributed by atoms with Crippen molar-refractivity contribution in [3.8, 4) is 5.75 Å². The van der Waals surface area contributed by atoms with E-state index < -0.39 is 0 Å². The molecule has 24 heavy (non-hydrogen) atoms. The van der Waals surface area contributed by atoms with Gasteiger partial charge in [0.15, 0.2) is 0 Å². The predicted octanol–water partition coefficient (Wildman–Crippen LogP) is 3.14. The van der Waals surface area contributed by atoms with Crippen LogP contribution in [0.4, 0.5) is 0 Å². The van der Waals surface area contributed by atoms with Crippen LogP contribution in [0.5, 0.6) is 5.75 Å². The van der Waals surface area contributed by atoms with Gasteiger partial charge in [0.25, 0.3) is 0 Å². The van der Waals surface area contributed by atoms with Crippen LogP contribution < -0.4 is 10.1 Å². The number of likely N-dealkylation sites (N-methyl/N-ethyl adjacent to an activating group) is 1. The highest BCUT2D eigenvalue weighted by molar-refractivity contribution is 5.81. The molecule has 4 nitrogen and oxygen atoms in total. The van der Waals surface area contributed by atoms with Gasteiger partial charge in [0.1, 0.15) is 5.75 Å². The largest absolute Gasteiger partial charge is 0.497 e. The van der Waals surface area contributed by atoms with Crippen molar-refractivity contribution in [1.29, 1.82) is 0 Å². The highest BCUT2D eigenvalue weighted by Crippen LogP contribution is 2.13. The summed E-state index contributed by atoms with van der Waals surface area (Å²) in [6, 6.07) is 15.8. The van der Waals surface area contributed by atoms with E-state index in [4.69, 9.17) is 4.74 Å². The molecule has 0 aliphatic heterocycles. The van der Waals surface area contributed by atoms with Gasteiger partial charge in [-0.05, 0) is 49.7 Å². The topological polar surface area (TPSA) is 41.6 Å². The van der Waals surface area contributed by atoms with Crippen LogP contribution in [0, 0.1) is 6.92 Å². The molecular weight excluding hydrogens is 300 g/mol. The Hall–Kier alpha value is -2.33. The van der Waals surface area contributed by atoms with Gasteiger partial charge in [0.05, 0.1) is 13.2 Å². The molecule has 0 fully saturated rings. The maximum absolute atomic E-state index is 12.4. The molecule has 0 bridgehead atoms. The van der Waals surface area contributed by atoms with Crippen LogP contribution >= 0.6 is 0 Å². The van der Waals surface area contributed by atoms with E-state index in [2.05, 4.69) is 29.3 Å². The average Bonchev–Trinajstić information content (AvgIpc) is 2.61.